The van der Waals surface area contributed by atoms with Gasteiger partial charge in [0.1, 0.15) is 5.58 Å². The Kier molecular flexibility index (Phi) is 5.29. The molecule has 5 nitrogen and oxygen atoms in total. The summed E-state index contributed by atoms with van der Waals surface area (Å²) in [4.78, 5) is 16.3. The van der Waals surface area contributed by atoms with Crippen LogP contribution in [0.4, 0.5) is 0 Å². The van der Waals surface area contributed by atoms with E-state index in [0.29, 0.717) is 24.3 Å². The van der Waals surface area contributed by atoms with Crippen molar-refractivity contribution in [2.24, 2.45) is 0 Å². The van der Waals surface area contributed by atoms with E-state index in [1.165, 1.54) is 5.56 Å². The van der Waals surface area contributed by atoms with Gasteiger partial charge in [-0.3, -0.25) is 4.79 Å². The van der Waals surface area contributed by atoms with E-state index in [0.717, 1.165) is 27.8 Å². The van der Waals surface area contributed by atoms with Crippen molar-refractivity contribution in [3.05, 3.63) is 57.0 Å². The molecule has 0 N–H and O–H groups in total. The number of furan rings is 1. The van der Waals surface area contributed by atoms with Gasteiger partial charge in [-0.2, -0.15) is 0 Å². The van der Waals surface area contributed by atoms with Crippen molar-refractivity contribution < 1.29 is 17.6 Å². The summed E-state index contributed by atoms with van der Waals surface area (Å²) in [5, 5.41) is 2.94. The van der Waals surface area contributed by atoms with Crippen LogP contribution in [0.15, 0.2) is 34.1 Å². The van der Waals surface area contributed by atoms with Crippen LogP contribution in [0.25, 0.3) is 11.0 Å². The van der Waals surface area contributed by atoms with E-state index < -0.39 is 9.84 Å². The Hall–Kier alpha value is -2.12. The van der Waals surface area contributed by atoms with Crippen molar-refractivity contribution in [3.8, 4) is 0 Å². The Morgan fingerprint density at radius 1 is 1.28 bits per heavy atom. The molecule has 154 valence electrons. The second kappa shape index (κ2) is 7.61. The fourth-order valence-corrected chi connectivity index (χ4v) is 6.57. The molecule has 0 saturated carbocycles. The van der Waals surface area contributed by atoms with Crippen molar-refractivity contribution in [3.63, 3.8) is 0 Å². The minimum absolute atomic E-state index is 0.0163. The summed E-state index contributed by atoms with van der Waals surface area (Å²) in [5.74, 6) is 0.227. The molecule has 4 rings (SSSR count). The molecule has 2 aromatic heterocycles. The predicted molar refractivity (Wildman–Crippen MR) is 116 cm³/mol. The summed E-state index contributed by atoms with van der Waals surface area (Å²) in [7, 11) is -3.11. The molecule has 1 saturated heterocycles. The van der Waals surface area contributed by atoms with Gasteiger partial charge in [0.05, 0.1) is 18.1 Å². The van der Waals surface area contributed by atoms with E-state index >= 15 is 0 Å². The highest BCUT2D eigenvalue weighted by Gasteiger charge is 2.37. The number of aryl methyl sites for hydroxylation is 3. The number of sulfone groups is 1. The van der Waals surface area contributed by atoms with Gasteiger partial charge >= 0.3 is 0 Å². The molecule has 0 radical (unpaired) electrons. The molecule has 29 heavy (non-hydrogen) atoms. The molecule has 1 fully saturated rings. The van der Waals surface area contributed by atoms with Gasteiger partial charge in [0, 0.05) is 21.9 Å². The monoisotopic (exact) mass is 431 g/mol. The van der Waals surface area contributed by atoms with Gasteiger partial charge in [-0.15, -0.1) is 11.3 Å². The number of thiophene rings is 1. The number of carbonyl (C=O) groups is 1. The summed E-state index contributed by atoms with van der Waals surface area (Å²) in [6.45, 7) is 6.41. The average Bonchev–Trinajstić information content (AvgIpc) is 3.36. The number of nitrogens with zero attached hydrogens (tertiary/aromatic N) is 1. The average molecular weight is 432 g/mol. The van der Waals surface area contributed by atoms with Crippen molar-refractivity contribution in [1.82, 2.24) is 4.90 Å². The molecule has 0 bridgehead atoms. The van der Waals surface area contributed by atoms with Crippen molar-refractivity contribution in [2.75, 3.05) is 11.5 Å². The van der Waals surface area contributed by atoms with E-state index in [9.17, 15) is 13.2 Å². The van der Waals surface area contributed by atoms with Crippen LogP contribution in [0, 0.1) is 13.8 Å². The number of rotatable bonds is 5. The largest absolute Gasteiger partial charge is 0.451 e. The SMILES string of the molecule is CCc1ccc2oc(C(=O)N(Cc3sccc3C)C3CCS(=O)(=O)C3)c(C)c2c1. The van der Waals surface area contributed by atoms with Crippen LogP contribution in [-0.2, 0) is 22.8 Å². The summed E-state index contributed by atoms with van der Waals surface area (Å²) in [6, 6.07) is 7.68. The highest BCUT2D eigenvalue weighted by atomic mass is 32.2. The second-order valence-corrected chi connectivity index (χ2v) is 11.0. The molecule has 1 unspecified atom stereocenters. The van der Waals surface area contributed by atoms with Gasteiger partial charge in [-0.25, -0.2) is 8.42 Å². The normalized spacial score (nSPS) is 18.4. The summed E-state index contributed by atoms with van der Waals surface area (Å²) < 4.78 is 30.2. The van der Waals surface area contributed by atoms with Gasteiger partial charge in [0.25, 0.3) is 5.91 Å². The lowest BCUT2D eigenvalue weighted by atomic mass is 10.1. The molecule has 1 aromatic carbocycles. The van der Waals surface area contributed by atoms with E-state index in [2.05, 4.69) is 13.0 Å². The number of hydrogen-bond acceptors (Lipinski definition) is 5. The van der Waals surface area contributed by atoms with E-state index in [-0.39, 0.29) is 23.5 Å². The minimum Gasteiger partial charge on any atom is -0.451 e. The maximum absolute atomic E-state index is 13.6. The van der Waals surface area contributed by atoms with Crippen LogP contribution in [0.1, 0.15) is 45.5 Å². The first-order valence-corrected chi connectivity index (χ1v) is 12.6. The zero-order chi connectivity index (χ0) is 20.8. The molecule has 0 aliphatic carbocycles. The molecule has 1 aliphatic rings. The third-order valence-corrected chi connectivity index (χ3v) is 8.55. The van der Waals surface area contributed by atoms with E-state index in [1.54, 1.807) is 16.2 Å². The third kappa shape index (κ3) is 3.85. The van der Waals surface area contributed by atoms with E-state index in [1.807, 2.05) is 37.4 Å². The lowest BCUT2D eigenvalue weighted by Crippen LogP contribution is -2.40. The van der Waals surface area contributed by atoms with Crippen molar-refractivity contribution in [2.45, 2.75) is 46.2 Å². The molecule has 1 aliphatic heterocycles. The Balaban J connectivity index is 1.74. The molecule has 7 heteroatoms. The lowest BCUT2D eigenvalue weighted by molar-refractivity contribution is 0.0651. The topological polar surface area (TPSA) is 67.6 Å². The fourth-order valence-electron chi connectivity index (χ4n) is 3.93. The predicted octanol–water partition coefficient (Wildman–Crippen LogP) is 4.50. The molecule has 1 atom stereocenters. The highest BCUT2D eigenvalue weighted by Crippen LogP contribution is 2.31. The lowest BCUT2D eigenvalue weighted by Gasteiger charge is -2.27. The Bertz CT molecular complexity index is 1170. The van der Waals surface area contributed by atoms with Crippen LogP contribution < -0.4 is 0 Å². The van der Waals surface area contributed by atoms with Gasteiger partial charge in [0.2, 0.25) is 0 Å². The Morgan fingerprint density at radius 3 is 2.69 bits per heavy atom. The van der Waals surface area contributed by atoms with Crippen LogP contribution >= 0.6 is 11.3 Å². The zero-order valence-corrected chi connectivity index (χ0v) is 18.5. The number of carbonyl (C=O) groups excluding carboxylic acids is 1. The van der Waals surface area contributed by atoms with Crippen LogP contribution in [0.5, 0.6) is 0 Å². The smallest absolute Gasteiger partial charge is 0.290 e. The quantitative estimate of drug-likeness (QED) is 0.596. The zero-order valence-electron chi connectivity index (χ0n) is 16.9. The third-order valence-electron chi connectivity index (χ3n) is 5.80. The van der Waals surface area contributed by atoms with Gasteiger partial charge in [-0.1, -0.05) is 13.0 Å². The van der Waals surface area contributed by atoms with Gasteiger partial charge in [0.15, 0.2) is 15.6 Å². The first-order chi connectivity index (χ1) is 13.8. The van der Waals surface area contributed by atoms with Gasteiger partial charge < -0.3 is 9.32 Å². The van der Waals surface area contributed by atoms with Gasteiger partial charge in [-0.05, 0) is 61.4 Å². The summed E-state index contributed by atoms with van der Waals surface area (Å²) in [6.07, 6.45) is 1.38. The first-order valence-electron chi connectivity index (χ1n) is 9.85. The van der Waals surface area contributed by atoms with E-state index in [4.69, 9.17) is 4.42 Å². The number of benzene rings is 1. The standard InChI is InChI=1S/C22H25NO4S2/c1-4-16-5-6-19-18(11-16)15(3)21(27-19)22(24)23(12-20-14(2)7-9-28-20)17-8-10-29(25,26)13-17/h5-7,9,11,17H,4,8,10,12-13H2,1-3H3. The molecule has 3 aromatic rings. The highest BCUT2D eigenvalue weighted by molar-refractivity contribution is 7.91. The molecule has 0 spiro atoms. The molecular weight excluding hydrogens is 406 g/mol. The van der Waals surface area contributed by atoms with Crippen molar-refractivity contribution >= 4 is 38.1 Å². The summed E-state index contributed by atoms with van der Waals surface area (Å²) >= 11 is 1.59. The number of fused-ring (bicyclic) bond motifs is 1. The molecule has 1 amide bonds. The van der Waals surface area contributed by atoms with Crippen LogP contribution in [-0.4, -0.2) is 36.8 Å². The maximum Gasteiger partial charge on any atom is 0.290 e. The van der Waals surface area contributed by atoms with Crippen LogP contribution in [0.2, 0.25) is 0 Å². The van der Waals surface area contributed by atoms with Crippen molar-refractivity contribution in [1.29, 1.82) is 0 Å². The molecule has 3 heterocycles. The van der Waals surface area contributed by atoms with Crippen LogP contribution in [0.3, 0.4) is 0 Å². The molecular formula is C22H25NO4S2. The Labute approximate surface area is 175 Å². The second-order valence-electron chi connectivity index (χ2n) is 7.76. The maximum atomic E-state index is 13.6. The minimum atomic E-state index is -3.11. The summed E-state index contributed by atoms with van der Waals surface area (Å²) in [5.41, 5.74) is 3.80. The Morgan fingerprint density at radius 2 is 2.07 bits per heavy atom. The fraction of sp³-hybridized carbons (Fsp3) is 0.409. The number of amides is 1. The first kappa shape index (κ1) is 20.2. The number of hydrogen-bond donors (Lipinski definition) is 0.